The Bertz CT molecular complexity index is 1170. The zero-order valence-electron chi connectivity index (χ0n) is 18.2. The molecule has 2 fully saturated rings. The monoisotopic (exact) mass is 480 g/mol. The highest BCUT2D eigenvalue weighted by Gasteiger charge is 2.25. The average Bonchev–Trinajstić information content (AvgIpc) is 3.48. The van der Waals surface area contributed by atoms with Crippen LogP contribution in [0.25, 0.3) is 10.4 Å². The van der Waals surface area contributed by atoms with Crippen molar-refractivity contribution in [2.45, 2.75) is 6.54 Å². The highest BCUT2D eigenvalue weighted by molar-refractivity contribution is 7.15. The second-order valence-electron chi connectivity index (χ2n) is 8.25. The summed E-state index contributed by atoms with van der Waals surface area (Å²) in [5, 5.41) is 3.57. The molecule has 33 heavy (non-hydrogen) atoms. The second-order valence-corrected chi connectivity index (χ2v) is 9.82. The number of anilines is 1. The van der Waals surface area contributed by atoms with E-state index in [2.05, 4.69) is 22.3 Å². The van der Waals surface area contributed by atoms with Crippen LogP contribution in [-0.4, -0.2) is 61.0 Å². The summed E-state index contributed by atoms with van der Waals surface area (Å²) in [6, 6.07) is 19.5. The molecule has 6 nitrogen and oxygen atoms in total. The van der Waals surface area contributed by atoms with Crippen LogP contribution in [0.5, 0.6) is 0 Å². The second kappa shape index (κ2) is 9.55. The van der Waals surface area contributed by atoms with E-state index in [1.165, 1.54) is 9.75 Å². The maximum Gasteiger partial charge on any atom is 0.321 e. The Morgan fingerprint density at radius 1 is 0.970 bits per heavy atom. The highest BCUT2D eigenvalue weighted by atomic mass is 35.5. The lowest BCUT2D eigenvalue weighted by atomic mass is 10.1. The summed E-state index contributed by atoms with van der Waals surface area (Å²) in [7, 11) is 0. The van der Waals surface area contributed by atoms with Crippen LogP contribution in [0.15, 0.2) is 60.7 Å². The van der Waals surface area contributed by atoms with Crippen molar-refractivity contribution < 1.29 is 9.59 Å². The van der Waals surface area contributed by atoms with E-state index in [1.54, 1.807) is 16.2 Å². The molecule has 8 heteroatoms. The first-order valence-corrected chi connectivity index (χ1v) is 12.3. The molecule has 1 N–H and O–H groups in total. The van der Waals surface area contributed by atoms with Crippen LogP contribution in [0, 0.1) is 0 Å². The van der Waals surface area contributed by atoms with Gasteiger partial charge in [0.2, 0.25) is 0 Å². The summed E-state index contributed by atoms with van der Waals surface area (Å²) in [5.41, 5.74) is 2.46. The van der Waals surface area contributed by atoms with Gasteiger partial charge in [0.15, 0.2) is 0 Å². The van der Waals surface area contributed by atoms with Gasteiger partial charge in [-0.15, -0.1) is 11.3 Å². The summed E-state index contributed by atoms with van der Waals surface area (Å²) < 4.78 is 0. The van der Waals surface area contributed by atoms with Gasteiger partial charge in [0.05, 0.1) is 0 Å². The molecule has 2 aromatic carbocycles. The van der Waals surface area contributed by atoms with Crippen LogP contribution in [0.3, 0.4) is 0 Å². The number of thiophene rings is 1. The van der Waals surface area contributed by atoms with Gasteiger partial charge in [-0.25, -0.2) is 4.79 Å². The number of piperazine rings is 1. The number of carbonyl (C=O) groups is 2. The highest BCUT2D eigenvalue weighted by Crippen LogP contribution is 2.33. The number of nitrogens with zero attached hydrogens (tertiary/aromatic N) is 3. The van der Waals surface area contributed by atoms with Gasteiger partial charge >= 0.3 is 6.03 Å². The van der Waals surface area contributed by atoms with Crippen molar-refractivity contribution in [1.82, 2.24) is 15.1 Å². The number of benzene rings is 2. The molecule has 1 aromatic heterocycles. The molecule has 0 spiro atoms. The quantitative estimate of drug-likeness (QED) is 0.582. The van der Waals surface area contributed by atoms with Gasteiger partial charge in [0.1, 0.15) is 0 Å². The SMILES string of the molecule is O=C(c1cccc(N2CCNC2=O)c1)N1CCN(Cc2ccc(-c3ccccc3Cl)s2)CC1. The van der Waals surface area contributed by atoms with Crippen molar-refractivity contribution >= 4 is 40.6 Å². The molecule has 0 atom stereocenters. The van der Waals surface area contributed by atoms with Crippen molar-refractivity contribution in [3.05, 3.63) is 76.1 Å². The molecule has 0 unspecified atom stereocenters. The van der Waals surface area contributed by atoms with Crippen molar-refractivity contribution in [3.63, 3.8) is 0 Å². The Morgan fingerprint density at radius 2 is 1.79 bits per heavy atom. The number of rotatable bonds is 5. The number of amides is 3. The predicted octanol–water partition coefficient (Wildman–Crippen LogP) is 4.56. The summed E-state index contributed by atoms with van der Waals surface area (Å²) >= 11 is 8.11. The van der Waals surface area contributed by atoms with Crippen molar-refractivity contribution in [2.24, 2.45) is 0 Å². The fourth-order valence-corrected chi connectivity index (χ4v) is 5.69. The first-order chi connectivity index (χ1) is 16.1. The summed E-state index contributed by atoms with van der Waals surface area (Å²) in [5.74, 6) is 0.0215. The summed E-state index contributed by atoms with van der Waals surface area (Å²) in [4.78, 5) is 33.5. The molecule has 2 saturated heterocycles. The molecule has 3 aromatic rings. The van der Waals surface area contributed by atoms with Gasteiger partial charge in [-0.2, -0.15) is 0 Å². The van der Waals surface area contributed by atoms with Crippen molar-refractivity contribution in [1.29, 1.82) is 0 Å². The van der Waals surface area contributed by atoms with Gasteiger partial charge in [0, 0.05) is 77.4 Å². The molecule has 0 aliphatic carbocycles. The third-order valence-corrected chi connectivity index (χ3v) is 7.53. The summed E-state index contributed by atoms with van der Waals surface area (Å²) in [6.45, 7) is 5.17. The Labute approximate surface area is 202 Å². The lowest BCUT2D eigenvalue weighted by Gasteiger charge is -2.34. The Kier molecular flexibility index (Phi) is 6.35. The van der Waals surface area contributed by atoms with Gasteiger partial charge in [-0.3, -0.25) is 14.6 Å². The van der Waals surface area contributed by atoms with Crippen LogP contribution in [0.1, 0.15) is 15.2 Å². The Morgan fingerprint density at radius 3 is 2.55 bits per heavy atom. The lowest BCUT2D eigenvalue weighted by molar-refractivity contribution is 0.0629. The molecule has 3 amide bonds. The third kappa shape index (κ3) is 4.76. The smallest absolute Gasteiger partial charge is 0.321 e. The van der Waals surface area contributed by atoms with E-state index in [1.807, 2.05) is 53.4 Å². The molecule has 0 radical (unpaired) electrons. The van der Waals surface area contributed by atoms with Gasteiger partial charge in [-0.05, 0) is 36.4 Å². The Balaban J connectivity index is 1.18. The van der Waals surface area contributed by atoms with E-state index in [0.29, 0.717) is 31.7 Å². The molecule has 5 rings (SSSR count). The zero-order valence-corrected chi connectivity index (χ0v) is 19.7. The zero-order chi connectivity index (χ0) is 22.8. The van der Waals surface area contributed by atoms with Crippen LogP contribution >= 0.6 is 22.9 Å². The predicted molar refractivity (Wildman–Crippen MR) is 133 cm³/mol. The largest absolute Gasteiger partial charge is 0.336 e. The van der Waals surface area contributed by atoms with Gasteiger partial charge < -0.3 is 10.2 Å². The molecule has 3 heterocycles. The molecule has 2 aliphatic heterocycles. The minimum absolute atomic E-state index is 0.0215. The molecule has 0 bridgehead atoms. The number of hydrogen-bond donors (Lipinski definition) is 1. The van der Waals surface area contributed by atoms with Crippen LogP contribution in [-0.2, 0) is 6.54 Å². The molecule has 2 aliphatic rings. The van der Waals surface area contributed by atoms with Crippen LogP contribution in [0.2, 0.25) is 5.02 Å². The first kappa shape index (κ1) is 21.9. The molecule has 170 valence electrons. The molecule has 0 saturated carbocycles. The fourth-order valence-electron chi connectivity index (χ4n) is 4.31. The Hall–Kier alpha value is -2.87. The number of carbonyl (C=O) groups excluding carboxylic acids is 2. The van der Waals surface area contributed by atoms with Crippen molar-refractivity contribution in [3.8, 4) is 10.4 Å². The maximum absolute atomic E-state index is 13.1. The third-order valence-electron chi connectivity index (χ3n) is 6.10. The maximum atomic E-state index is 13.1. The minimum atomic E-state index is -0.112. The number of halogens is 1. The average molecular weight is 481 g/mol. The van der Waals surface area contributed by atoms with Gasteiger partial charge in [-0.1, -0.05) is 35.9 Å². The fraction of sp³-hybridized carbons (Fsp3) is 0.280. The van der Waals surface area contributed by atoms with Crippen LogP contribution < -0.4 is 10.2 Å². The van der Waals surface area contributed by atoms with E-state index in [4.69, 9.17) is 11.6 Å². The topological polar surface area (TPSA) is 55.9 Å². The normalized spacial score (nSPS) is 16.8. The van der Waals surface area contributed by atoms with Crippen molar-refractivity contribution in [2.75, 3.05) is 44.2 Å². The van der Waals surface area contributed by atoms with E-state index < -0.39 is 0 Å². The minimum Gasteiger partial charge on any atom is -0.336 e. The lowest BCUT2D eigenvalue weighted by Crippen LogP contribution is -2.48. The van der Waals surface area contributed by atoms with Gasteiger partial charge in [0.25, 0.3) is 5.91 Å². The standard InChI is InChI=1S/C25H25ClN4O2S/c26-22-7-2-1-6-21(22)23-9-8-20(33-23)17-28-12-14-29(15-13-28)24(31)18-4-3-5-19(16-18)30-11-10-27-25(30)32/h1-9,16H,10-15,17H2,(H,27,32). The number of hydrogen-bond acceptors (Lipinski definition) is 4. The van der Waals surface area contributed by atoms with E-state index >= 15 is 0 Å². The van der Waals surface area contributed by atoms with E-state index in [-0.39, 0.29) is 11.9 Å². The molecular weight excluding hydrogens is 456 g/mol. The first-order valence-electron chi connectivity index (χ1n) is 11.1. The van der Waals surface area contributed by atoms with Crippen LogP contribution in [0.4, 0.5) is 10.5 Å². The summed E-state index contributed by atoms with van der Waals surface area (Å²) in [6.07, 6.45) is 0. The molecular formula is C25H25ClN4O2S. The van der Waals surface area contributed by atoms with E-state index in [9.17, 15) is 9.59 Å². The van der Waals surface area contributed by atoms with E-state index in [0.717, 1.165) is 35.9 Å². The number of nitrogens with one attached hydrogen (secondary N) is 1. The number of urea groups is 1.